The number of nitrogens with one attached hydrogen (secondary N) is 1. The van der Waals surface area contributed by atoms with Crippen LogP contribution >= 0.6 is 0 Å². The van der Waals surface area contributed by atoms with Crippen molar-refractivity contribution >= 4 is 10.2 Å². The van der Waals surface area contributed by atoms with Crippen LogP contribution in [0.2, 0.25) is 0 Å². The predicted molar refractivity (Wildman–Crippen MR) is 66.6 cm³/mol. The highest BCUT2D eigenvalue weighted by atomic mass is 32.2. The summed E-state index contributed by atoms with van der Waals surface area (Å²) in [5.41, 5.74) is 7.93. The van der Waals surface area contributed by atoms with Gasteiger partial charge >= 0.3 is 0 Å². The fourth-order valence-corrected chi connectivity index (χ4v) is 3.38. The molecule has 0 bridgehead atoms. The van der Waals surface area contributed by atoms with Crippen LogP contribution in [0, 0.1) is 0 Å². The summed E-state index contributed by atoms with van der Waals surface area (Å²) < 4.78 is 27.6. The zero-order chi connectivity index (χ0) is 12.5. The first-order valence-electron chi connectivity index (χ1n) is 5.58. The van der Waals surface area contributed by atoms with E-state index < -0.39 is 10.2 Å². The molecule has 1 aromatic rings. The Bertz CT molecular complexity index is 501. The highest BCUT2D eigenvalue weighted by Gasteiger charge is 2.33. The Labute approximate surface area is 102 Å². The molecule has 0 saturated heterocycles. The van der Waals surface area contributed by atoms with Gasteiger partial charge in [0.25, 0.3) is 10.2 Å². The van der Waals surface area contributed by atoms with Crippen molar-refractivity contribution < 1.29 is 8.42 Å². The van der Waals surface area contributed by atoms with Crippen LogP contribution in [0.1, 0.15) is 17.2 Å². The fourth-order valence-electron chi connectivity index (χ4n) is 2.28. The molecule has 1 aromatic carbocycles. The second-order valence-corrected chi connectivity index (χ2v) is 5.85. The molecule has 0 spiro atoms. The van der Waals surface area contributed by atoms with Gasteiger partial charge in [-0.25, -0.2) is 4.72 Å². The predicted octanol–water partition coefficient (Wildman–Crippen LogP) is 0.00870. The van der Waals surface area contributed by atoms with Crippen LogP contribution < -0.4 is 10.5 Å². The number of hydrogen-bond acceptors (Lipinski definition) is 3. The Kier molecular flexibility index (Phi) is 3.48. The van der Waals surface area contributed by atoms with E-state index in [2.05, 4.69) is 4.72 Å². The van der Waals surface area contributed by atoms with Crippen LogP contribution in [0.25, 0.3) is 0 Å². The Morgan fingerprint density at radius 2 is 2.18 bits per heavy atom. The van der Waals surface area contributed by atoms with E-state index in [1.165, 1.54) is 16.9 Å². The van der Waals surface area contributed by atoms with E-state index in [9.17, 15) is 8.42 Å². The summed E-state index contributed by atoms with van der Waals surface area (Å²) in [6, 6.07) is 7.59. The number of nitrogens with zero attached hydrogens (tertiary/aromatic N) is 1. The quantitative estimate of drug-likeness (QED) is 0.799. The van der Waals surface area contributed by atoms with Gasteiger partial charge in [0.15, 0.2) is 0 Å². The number of fused-ring (bicyclic) bond motifs is 1. The lowest BCUT2D eigenvalue weighted by Gasteiger charge is -2.35. The lowest BCUT2D eigenvalue weighted by atomic mass is 9.94. The molecule has 1 unspecified atom stereocenters. The second-order valence-electron chi connectivity index (χ2n) is 4.02. The van der Waals surface area contributed by atoms with Crippen molar-refractivity contribution in [3.63, 3.8) is 0 Å². The highest BCUT2D eigenvalue weighted by Crippen LogP contribution is 2.30. The van der Waals surface area contributed by atoms with Crippen molar-refractivity contribution in [3.8, 4) is 0 Å². The lowest BCUT2D eigenvalue weighted by molar-refractivity contribution is 0.310. The number of hydrogen-bond donors (Lipinski definition) is 2. The van der Waals surface area contributed by atoms with E-state index in [-0.39, 0.29) is 12.6 Å². The summed E-state index contributed by atoms with van der Waals surface area (Å²) in [6.07, 6.45) is 0.730. The topological polar surface area (TPSA) is 75.4 Å². The molecule has 0 saturated carbocycles. The molecule has 0 fully saturated rings. The number of rotatable bonds is 3. The van der Waals surface area contributed by atoms with Crippen LogP contribution in [-0.4, -0.2) is 32.9 Å². The first-order chi connectivity index (χ1) is 8.10. The smallest absolute Gasteiger partial charge is 0.279 e. The van der Waals surface area contributed by atoms with E-state index in [1.807, 2.05) is 24.3 Å². The first kappa shape index (κ1) is 12.5. The Morgan fingerprint density at radius 3 is 2.82 bits per heavy atom. The third kappa shape index (κ3) is 2.21. The summed E-state index contributed by atoms with van der Waals surface area (Å²) in [6.45, 7) is 0.764. The van der Waals surface area contributed by atoms with Gasteiger partial charge in [0.1, 0.15) is 0 Å². The Hall–Kier alpha value is -0.950. The minimum atomic E-state index is -3.42. The molecule has 1 aliphatic heterocycles. The van der Waals surface area contributed by atoms with Crippen LogP contribution in [0.5, 0.6) is 0 Å². The molecule has 1 heterocycles. The van der Waals surface area contributed by atoms with E-state index >= 15 is 0 Å². The third-order valence-corrected chi connectivity index (χ3v) is 4.72. The molecule has 3 N–H and O–H groups in total. The molecule has 0 amide bonds. The average molecular weight is 255 g/mol. The minimum absolute atomic E-state index is 0.266. The average Bonchev–Trinajstić information content (AvgIpc) is 2.37. The van der Waals surface area contributed by atoms with Gasteiger partial charge < -0.3 is 5.73 Å². The van der Waals surface area contributed by atoms with Gasteiger partial charge in [0, 0.05) is 20.1 Å². The number of benzene rings is 1. The maximum atomic E-state index is 11.9. The van der Waals surface area contributed by atoms with Crippen LogP contribution in [0.4, 0.5) is 0 Å². The molecule has 1 aliphatic rings. The molecule has 2 rings (SSSR count). The van der Waals surface area contributed by atoms with E-state index in [4.69, 9.17) is 5.73 Å². The largest absolute Gasteiger partial charge is 0.329 e. The van der Waals surface area contributed by atoms with Gasteiger partial charge in [-0.2, -0.15) is 12.7 Å². The third-order valence-electron chi connectivity index (χ3n) is 3.15. The zero-order valence-corrected chi connectivity index (χ0v) is 10.6. The molecule has 0 aliphatic carbocycles. The fraction of sp³-hybridized carbons (Fsp3) is 0.455. The van der Waals surface area contributed by atoms with Crippen molar-refractivity contribution in [1.29, 1.82) is 0 Å². The van der Waals surface area contributed by atoms with Crippen LogP contribution in [-0.2, 0) is 16.6 Å². The molecular weight excluding hydrogens is 238 g/mol. The van der Waals surface area contributed by atoms with Crippen LogP contribution in [0.3, 0.4) is 0 Å². The molecule has 0 radical (unpaired) electrons. The van der Waals surface area contributed by atoms with Crippen LogP contribution in [0.15, 0.2) is 24.3 Å². The summed E-state index contributed by atoms with van der Waals surface area (Å²) in [7, 11) is -2.00. The van der Waals surface area contributed by atoms with Gasteiger partial charge in [-0.3, -0.25) is 0 Å². The number of nitrogens with two attached hydrogens (primary N) is 1. The zero-order valence-electron chi connectivity index (χ0n) is 9.76. The van der Waals surface area contributed by atoms with Crippen molar-refractivity contribution in [2.24, 2.45) is 5.73 Å². The molecule has 94 valence electrons. The second kappa shape index (κ2) is 4.73. The van der Waals surface area contributed by atoms with E-state index in [1.54, 1.807) is 0 Å². The maximum Gasteiger partial charge on any atom is 0.279 e. The molecule has 5 nitrogen and oxygen atoms in total. The van der Waals surface area contributed by atoms with E-state index in [0.29, 0.717) is 6.54 Å². The molecular formula is C11H17N3O2S. The molecule has 0 aromatic heterocycles. The summed E-state index contributed by atoms with van der Waals surface area (Å²) in [4.78, 5) is 0. The Morgan fingerprint density at radius 1 is 1.47 bits per heavy atom. The van der Waals surface area contributed by atoms with Gasteiger partial charge in [0.05, 0.1) is 6.04 Å². The molecule has 6 heteroatoms. The van der Waals surface area contributed by atoms with Crippen molar-refractivity contribution in [1.82, 2.24) is 9.03 Å². The van der Waals surface area contributed by atoms with Gasteiger partial charge in [-0.05, 0) is 17.5 Å². The van der Waals surface area contributed by atoms with Crippen molar-refractivity contribution in [2.75, 3.05) is 20.1 Å². The van der Waals surface area contributed by atoms with Gasteiger partial charge in [-0.1, -0.05) is 24.3 Å². The SMILES string of the molecule is CNS(=O)(=O)N1CCc2ccccc2C1CN. The Balaban J connectivity index is 2.43. The maximum absolute atomic E-state index is 11.9. The summed E-state index contributed by atoms with van der Waals surface area (Å²) >= 11 is 0. The standard InChI is InChI=1S/C11H17N3O2S/c1-13-17(15,16)14-7-6-9-4-2-3-5-10(9)11(14)8-12/h2-5,11,13H,6-8,12H2,1H3. The minimum Gasteiger partial charge on any atom is -0.329 e. The van der Waals surface area contributed by atoms with Gasteiger partial charge in [-0.15, -0.1) is 0 Å². The highest BCUT2D eigenvalue weighted by molar-refractivity contribution is 7.87. The monoisotopic (exact) mass is 255 g/mol. The summed E-state index contributed by atoms with van der Waals surface area (Å²) in [5, 5.41) is 0. The molecule has 1 atom stereocenters. The molecule has 17 heavy (non-hydrogen) atoms. The van der Waals surface area contributed by atoms with Crippen molar-refractivity contribution in [3.05, 3.63) is 35.4 Å². The summed E-state index contributed by atoms with van der Waals surface area (Å²) in [5.74, 6) is 0. The first-order valence-corrected chi connectivity index (χ1v) is 7.02. The lowest BCUT2D eigenvalue weighted by Crippen LogP contribution is -2.47. The van der Waals surface area contributed by atoms with E-state index in [0.717, 1.165) is 12.0 Å². The normalized spacial score (nSPS) is 21.2. The van der Waals surface area contributed by atoms with Crippen molar-refractivity contribution in [2.45, 2.75) is 12.5 Å². The van der Waals surface area contributed by atoms with Gasteiger partial charge in [0.2, 0.25) is 0 Å².